The Morgan fingerprint density at radius 2 is 2.12 bits per heavy atom. The molecule has 33 heavy (non-hydrogen) atoms. The van der Waals surface area contributed by atoms with Crippen molar-refractivity contribution in [2.45, 2.75) is 32.9 Å². The second kappa shape index (κ2) is 7.77. The van der Waals surface area contributed by atoms with E-state index in [1.807, 2.05) is 20.2 Å². The smallest absolute Gasteiger partial charge is 0.354 e. The molecule has 0 saturated carbocycles. The van der Waals surface area contributed by atoms with Crippen molar-refractivity contribution in [3.05, 3.63) is 64.3 Å². The zero-order chi connectivity index (χ0) is 23.4. The van der Waals surface area contributed by atoms with E-state index in [0.717, 1.165) is 27.1 Å². The number of aryl methyl sites for hydroxylation is 2. The van der Waals surface area contributed by atoms with Crippen molar-refractivity contribution < 1.29 is 19.1 Å². The van der Waals surface area contributed by atoms with E-state index in [4.69, 9.17) is 22.1 Å². The van der Waals surface area contributed by atoms with Crippen molar-refractivity contribution in [1.82, 2.24) is 19.6 Å². The second-order valence-electron chi connectivity index (χ2n) is 8.10. The van der Waals surface area contributed by atoms with Gasteiger partial charge in [-0.15, -0.1) is 0 Å². The number of hydrogen-bond acceptors (Lipinski definition) is 5. The number of aromatic nitrogens is 5. The summed E-state index contributed by atoms with van der Waals surface area (Å²) in [4.78, 5) is 0. The fourth-order valence-corrected chi connectivity index (χ4v) is 4.64. The molecule has 3 N–H and O–H groups in total. The van der Waals surface area contributed by atoms with Crippen molar-refractivity contribution >= 4 is 17.4 Å². The zero-order valence-corrected chi connectivity index (χ0v) is 19.1. The number of nitrogen functional groups attached to an aromatic ring is 1. The largest absolute Gasteiger partial charge is 0.478 e. The van der Waals surface area contributed by atoms with E-state index >= 15 is 0 Å². The summed E-state index contributed by atoms with van der Waals surface area (Å²) >= 11 is 6.60. The van der Waals surface area contributed by atoms with Crippen LogP contribution in [0.3, 0.4) is 0 Å². The zero-order valence-electron chi connectivity index (χ0n) is 18.4. The Bertz CT molecular complexity index is 1400. The SMILES string of the molecule is CCn1nc(Cl)c2c1-c1cc(c(N)[n+](O)c1)O[C@H](C)c1cc(F)ccc1-c1nn(C)cc1C2. The molecular formula is C23H23ClFN6O2+. The summed E-state index contributed by atoms with van der Waals surface area (Å²) in [6.45, 7) is 4.34. The first-order chi connectivity index (χ1) is 15.8. The molecule has 0 saturated heterocycles. The van der Waals surface area contributed by atoms with Crippen LogP contribution < -0.4 is 15.2 Å². The molecule has 0 fully saturated rings. The molecule has 0 radical (unpaired) electrons. The maximum absolute atomic E-state index is 14.3. The fourth-order valence-electron chi connectivity index (χ4n) is 4.39. The van der Waals surface area contributed by atoms with Crippen molar-refractivity contribution in [2.24, 2.45) is 7.05 Å². The van der Waals surface area contributed by atoms with E-state index in [0.29, 0.717) is 34.9 Å². The monoisotopic (exact) mass is 469 g/mol. The van der Waals surface area contributed by atoms with E-state index in [1.165, 1.54) is 18.3 Å². The van der Waals surface area contributed by atoms with Gasteiger partial charge in [0.1, 0.15) is 18.1 Å². The lowest BCUT2D eigenvalue weighted by Crippen LogP contribution is -2.34. The lowest BCUT2D eigenvalue weighted by Gasteiger charge is -2.20. The molecule has 5 rings (SSSR count). The van der Waals surface area contributed by atoms with E-state index in [2.05, 4.69) is 10.2 Å². The number of benzene rings is 1. The summed E-state index contributed by atoms with van der Waals surface area (Å²) < 4.78 is 24.8. The van der Waals surface area contributed by atoms with Gasteiger partial charge in [0.2, 0.25) is 5.75 Å². The Labute approximate surface area is 194 Å². The molecule has 0 spiro atoms. The molecule has 2 bridgehead atoms. The lowest BCUT2D eigenvalue weighted by molar-refractivity contribution is -0.893. The number of pyridine rings is 1. The molecule has 1 aliphatic rings. The van der Waals surface area contributed by atoms with Crippen LogP contribution in [-0.4, -0.2) is 24.8 Å². The Morgan fingerprint density at radius 3 is 2.88 bits per heavy atom. The van der Waals surface area contributed by atoms with Gasteiger partial charge in [-0.05, 0) is 36.8 Å². The Morgan fingerprint density at radius 1 is 1.33 bits per heavy atom. The van der Waals surface area contributed by atoms with Crippen LogP contribution in [0.4, 0.5) is 10.2 Å². The van der Waals surface area contributed by atoms with Gasteiger partial charge in [-0.3, -0.25) is 15.1 Å². The molecule has 3 aromatic heterocycles. The minimum absolute atomic E-state index is 0.0225. The molecule has 0 unspecified atom stereocenters. The first kappa shape index (κ1) is 21.3. The molecule has 1 aliphatic heterocycles. The average Bonchev–Trinajstić information content (AvgIpc) is 3.29. The molecule has 4 aromatic rings. The highest BCUT2D eigenvalue weighted by Gasteiger charge is 2.28. The predicted octanol–water partition coefficient (Wildman–Crippen LogP) is 3.91. The van der Waals surface area contributed by atoms with Crippen LogP contribution in [-0.2, 0) is 20.0 Å². The van der Waals surface area contributed by atoms with E-state index in [9.17, 15) is 9.60 Å². The fraction of sp³-hybridized carbons (Fsp3) is 0.261. The Hall–Kier alpha value is -3.59. The lowest BCUT2D eigenvalue weighted by atomic mass is 9.94. The highest BCUT2D eigenvalue weighted by molar-refractivity contribution is 6.30. The van der Waals surface area contributed by atoms with E-state index < -0.39 is 6.10 Å². The summed E-state index contributed by atoms with van der Waals surface area (Å²) in [5.74, 6) is -0.109. The van der Waals surface area contributed by atoms with Gasteiger partial charge in [0.05, 0.1) is 11.4 Å². The molecule has 10 heteroatoms. The topological polar surface area (TPSA) is 95.0 Å². The standard InChI is InChI=1S/C23H22ClFN6O2/c1-4-30-21-14-8-19(23(26)31(32)11-14)33-12(2)17-9-15(25)5-6-16(17)20-13(10-29(3)27-20)7-18(21)22(24)28-30/h5-6,8-12,26,32H,4,7H2,1-3H3/p+1/t12-/m1/s1. The van der Waals surface area contributed by atoms with Gasteiger partial charge in [-0.25, -0.2) is 4.39 Å². The molecule has 8 nitrogen and oxygen atoms in total. The number of nitrogens with two attached hydrogens (primary N) is 1. The van der Waals surface area contributed by atoms with E-state index in [-0.39, 0.29) is 17.4 Å². The molecule has 1 aromatic carbocycles. The summed E-state index contributed by atoms with van der Waals surface area (Å²) in [5.41, 5.74) is 11.2. The third-order valence-electron chi connectivity index (χ3n) is 5.90. The molecule has 4 heterocycles. The van der Waals surface area contributed by atoms with Gasteiger partial charge in [0.25, 0.3) is 0 Å². The normalized spacial score (nSPS) is 15.0. The van der Waals surface area contributed by atoms with Crippen LogP contribution in [0.2, 0.25) is 5.15 Å². The number of halogens is 2. The van der Waals surface area contributed by atoms with E-state index in [1.54, 1.807) is 28.4 Å². The van der Waals surface area contributed by atoms with Crippen molar-refractivity contribution in [2.75, 3.05) is 5.73 Å². The summed E-state index contributed by atoms with van der Waals surface area (Å²) in [7, 11) is 1.84. The average molecular weight is 470 g/mol. The summed E-state index contributed by atoms with van der Waals surface area (Å²) in [6, 6.07) is 6.28. The maximum Gasteiger partial charge on any atom is 0.354 e. The van der Waals surface area contributed by atoms with Gasteiger partial charge >= 0.3 is 5.82 Å². The first-order valence-electron chi connectivity index (χ1n) is 10.6. The van der Waals surface area contributed by atoms with Crippen LogP contribution in [0.5, 0.6) is 5.75 Å². The van der Waals surface area contributed by atoms with Gasteiger partial charge in [-0.1, -0.05) is 11.6 Å². The first-order valence-corrected chi connectivity index (χ1v) is 10.9. The Balaban J connectivity index is 1.86. The summed E-state index contributed by atoms with van der Waals surface area (Å²) in [6.07, 6.45) is 3.28. The number of rotatable bonds is 1. The molecule has 1 atom stereocenters. The number of nitrogens with zero attached hydrogens (tertiary/aromatic N) is 5. The number of fused-ring (bicyclic) bond motifs is 7. The van der Waals surface area contributed by atoms with Crippen molar-refractivity contribution in [3.63, 3.8) is 0 Å². The van der Waals surface area contributed by atoms with Crippen molar-refractivity contribution in [1.29, 1.82) is 0 Å². The summed E-state index contributed by atoms with van der Waals surface area (Å²) in [5, 5.41) is 20.0. The third kappa shape index (κ3) is 3.48. The maximum atomic E-state index is 14.3. The number of ether oxygens (including phenoxy) is 1. The van der Waals surface area contributed by atoms with Gasteiger partial charge in [0.15, 0.2) is 5.15 Å². The van der Waals surface area contributed by atoms with Gasteiger partial charge in [-0.2, -0.15) is 10.2 Å². The molecule has 0 aliphatic carbocycles. The second-order valence-corrected chi connectivity index (χ2v) is 8.46. The Kier molecular flexibility index (Phi) is 5.01. The highest BCUT2D eigenvalue weighted by Crippen LogP contribution is 2.39. The number of hydrogen-bond donors (Lipinski definition) is 2. The van der Waals surface area contributed by atoms with Crippen molar-refractivity contribution in [3.8, 4) is 28.3 Å². The van der Waals surface area contributed by atoms with Crippen LogP contribution in [0.25, 0.3) is 22.5 Å². The van der Waals surface area contributed by atoms with Crippen LogP contribution in [0.15, 0.2) is 36.7 Å². The highest BCUT2D eigenvalue weighted by atomic mass is 35.5. The molecule has 170 valence electrons. The number of anilines is 1. The quantitative estimate of drug-likeness (QED) is 0.325. The van der Waals surface area contributed by atoms with Crippen LogP contribution in [0.1, 0.15) is 36.6 Å². The van der Waals surface area contributed by atoms with Gasteiger partial charge < -0.3 is 9.94 Å². The molecule has 0 amide bonds. The predicted molar refractivity (Wildman–Crippen MR) is 121 cm³/mol. The van der Waals surface area contributed by atoms with Gasteiger partial charge in [0, 0.05) is 60.1 Å². The molecular weight excluding hydrogens is 447 g/mol. The van der Waals surface area contributed by atoms with Crippen LogP contribution in [0, 0.1) is 5.82 Å². The minimum Gasteiger partial charge on any atom is -0.478 e. The van der Waals surface area contributed by atoms with Crippen LogP contribution >= 0.6 is 11.6 Å². The minimum atomic E-state index is -0.582. The third-order valence-corrected chi connectivity index (χ3v) is 6.21.